The third-order valence-corrected chi connectivity index (χ3v) is 2.12. The van der Waals surface area contributed by atoms with Crippen LogP contribution in [0.2, 0.25) is 0 Å². The molecule has 0 fully saturated rings. The lowest BCUT2D eigenvalue weighted by Gasteiger charge is -2.28. The molecule has 3 heteroatoms. The molecule has 1 unspecified atom stereocenters. The van der Waals surface area contributed by atoms with Gasteiger partial charge >= 0.3 is 0 Å². The lowest BCUT2D eigenvalue weighted by molar-refractivity contribution is -0.00531. The molecule has 3 nitrogen and oxygen atoms in total. The van der Waals surface area contributed by atoms with Gasteiger partial charge in [0.25, 0.3) is 0 Å². The van der Waals surface area contributed by atoms with Gasteiger partial charge in [-0.1, -0.05) is 0 Å². The molecule has 2 N–H and O–H groups in total. The highest BCUT2D eigenvalue weighted by Gasteiger charge is 2.29. The van der Waals surface area contributed by atoms with E-state index in [0.717, 1.165) is 5.76 Å². The van der Waals surface area contributed by atoms with Crippen LogP contribution in [0, 0.1) is 0 Å². The van der Waals surface area contributed by atoms with Crippen molar-refractivity contribution in [1.29, 1.82) is 0 Å². The normalized spacial score (nSPS) is 14.7. The standard InChI is InChI=1S/C9H15NO2/c1-9(2,11-3)8(10)7-5-4-6-12-7/h4-6,8H,10H2,1-3H3. The van der Waals surface area contributed by atoms with E-state index >= 15 is 0 Å². The van der Waals surface area contributed by atoms with Crippen molar-refractivity contribution in [2.24, 2.45) is 5.73 Å². The fraction of sp³-hybridized carbons (Fsp3) is 0.556. The molecule has 0 aromatic carbocycles. The largest absolute Gasteiger partial charge is 0.468 e. The smallest absolute Gasteiger partial charge is 0.123 e. The van der Waals surface area contributed by atoms with Crippen LogP contribution >= 0.6 is 0 Å². The van der Waals surface area contributed by atoms with Crippen molar-refractivity contribution in [3.63, 3.8) is 0 Å². The Balaban J connectivity index is 2.78. The molecule has 0 amide bonds. The fourth-order valence-electron chi connectivity index (χ4n) is 0.938. The first-order valence-electron chi connectivity index (χ1n) is 3.92. The highest BCUT2D eigenvalue weighted by atomic mass is 16.5. The van der Waals surface area contributed by atoms with Crippen molar-refractivity contribution in [2.75, 3.05) is 7.11 Å². The number of rotatable bonds is 3. The maximum absolute atomic E-state index is 5.91. The molecule has 1 aromatic rings. The molecular weight excluding hydrogens is 154 g/mol. The lowest BCUT2D eigenvalue weighted by Crippen LogP contribution is -2.36. The van der Waals surface area contributed by atoms with E-state index in [1.165, 1.54) is 0 Å². The Labute approximate surface area is 72.5 Å². The van der Waals surface area contributed by atoms with Crippen LogP contribution in [0.25, 0.3) is 0 Å². The average Bonchev–Trinajstić information content (AvgIpc) is 2.55. The van der Waals surface area contributed by atoms with E-state index in [1.807, 2.05) is 26.0 Å². The Morgan fingerprint density at radius 3 is 2.67 bits per heavy atom. The molecule has 0 spiro atoms. The van der Waals surface area contributed by atoms with Crippen LogP contribution in [-0.2, 0) is 4.74 Å². The van der Waals surface area contributed by atoms with Gasteiger partial charge in [-0.2, -0.15) is 0 Å². The molecular formula is C9H15NO2. The Kier molecular flexibility index (Phi) is 2.55. The van der Waals surface area contributed by atoms with Gasteiger partial charge in [0.05, 0.1) is 17.9 Å². The number of hydrogen-bond donors (Lipinski definition) is 1. The maximum atomic E-state index is 5.91. The van der Waals surface area contributed by atoms with E-state index in [2.05, 4.69) is 0 Å². The molecule has 1 rings (SSSR count). The molecule has 12 heavy (non-hydrogen) atoms. The van der Waals surface area contributed by atoms with Crippen LogP contribution in [0.15, 0.2) is 22.8 Å². The Hall–Kier alpha value is -0.800. The second kappa shape index (κ2) is 3.29. The summed E-state index contributed by atoms with van der Waals surface area (Å²) in [5.74, 6) is 0.752. The predicted octanol–water partition coefficient (Wildman–Crippen LogP) is 1.70. The fourth-order valence-corrected chi connectivity index (χ4v) is 0.938. The summed E-state index contributed by atoms with van der Waals surface area (Å²) < 4.78 is 10.4. The molecule has 0 bridgehead atoms. The van der Waals surface area contributed by atoms with E-state index in [0.29, 0.717) is 0 Å². The minimum atomic E-state index is -0.391. The second-order valence-corrected chi connectivity index (χ2v) is 3.30. The zero-order valence-electron chi connectivity index (χ0n) is 7.70. The Morgan fingerprint density at radius 1 is 1.58 bits per heavy atom. The first-order chi connectivity index (χ1) is 5.58. The summed E-state index contributed by atoms with van der Waals surface area (Å²) >= 11 is 0. The number of nitrogens with two attached hydrogens (primary N) is 1. The summed E-state index contributed by atoms with van der Waals surface area (Å²) in [6.07, 6.45) is 1.61. The molecule has 0 saturated heterocycles. The Bertz CT molecular complexity index is 229. The van der Waals surface area contributed by atoms with E-state index in [1.54, 1.807) is 13.4 Å². The van der Waals surface area contributed by atoms with E-state index in [9.17, 15) is 0 Å². The predicted molar refractivity (Wildman–Crippen MR) is 46.7 cm³/mol. The number of furan rings is 1. The quantitative estimate of drug-likeness (QED) is 0.749. The first kappa shape index (κ1) is 9.29. The SMILES string of the molecule is COC(C)(C)C(N)c1ccco1. The number of hydrogen-bond acceptors (Lipinski definition) is 3. The summed E-state index contributed by atoms with van der Waals surface area (Å²) in [7, 11) is 1.64. The van der Waals surface area contributed by atoms with Crippen LogP contribution < -0.4 is 5.73 Å². The zero-order chi connectivity index (χ0) is 9.19. The summed E-state index contributed by atoms with van der Waals surface area (Å²) in [6.45, 7) is 3.86. The molecule has 1 atom stereocenters. The van der Waals surface area contributed by atoms with E-state index in [4.69, 9.17) is 14.9 Å². The van der Waals surface area contributed by atoms with Gasteiger partial charge in [-0.3, -0.25) is 0 Å². The van der Waals surface area contributed by atoms with Crippen molar-refractivity contribution in [1.82, 2.24) is 0 Å². The van der Waals surface area contributed by atoms with E-state index < -0.39 is 5.60 Å². The van der Waals surface area contributed by atoms with Crippen LogP contribution in [-0.4, -0.2) is 12.7 Å². The molecule has 0 aliphatic rings. The average molecular weight is 169 g/mol. The maximum Gasteiger partial charge on any atom is 0.123 e. The Morgan fingerprint density at radius 2 is 2.25 bits per heavy atom. The minimum Gasteiger partial charge on any atom is -0.468 e. The van der Waals surface area contributed by atoms with Gasteiger partial charge in [-0.05, 0) is 26.0 Å². The number of ether oxygens (including phenoxy) is 1. The molecule has 1 aromatic heterocycles. The summed E-state index contributed by atoms with van der Waals surface area (Å²) in [6, 6.07) is 3.45. The van der Waals surface area contributed by atoms with Gasteiger partial charge in [-0.25, -0.2) is 0 Å². The topological polar surface area (TPSA) is 48.4 Å². The van der Waals surface area contributed by atoms with Crippen molar-refractivity contribution in [3.05, 3.63) is 24.2 Å². The third kappa shape index (κ3) is 1.68. The molecule has 1 heterocycles. The molecule has 0 radical (unpaired) electrons. The molecule has 68 valence electrons. The van der Waals surface area contributed by atoms with Gasteiger partial charge in [0.15, 0.2) is 0 Å². The van der Waals surface area contributed by atoms with Crippen molar-refractivity contribution >= 4 is 0 Å². The van der Waals surface area contributed by atoms with Gasteiger partial charge in [0, 0.05) is 7.11 Å². The molecule has 0 aliphatic heterocycles. The van der Waals surface area contributed by atoms with Gasteiger partial charge in [0.2, 0.25) is 0 Å². The third-order valence-electron chi connectivity index (χ3n) is 2.12. The van der Waals surface area contributed by atoms with Gasteiger partial charge in [-0.15, -0.1) is 0 Å². The summed E-state index contributed by atoms with van der Waals surface area (Å²) in [4.78, 5) is 0. The van der Waals surface area contributed by atoms with Crippen LogP contribution in [0.4, 0.5) is 0 Å². The van der Waals surface area contributed by atoms with Crippen molar-refractivity contribution < 1.29 is 9.15 Å². The molecule has 0 aliphatic carbocycles. The highest BCUT2D eigenvalue weighted by molar-refractivity contribution is 5.08. The zero-order valence-corrected chi connectivity index (χ0v) is 7.70. The number of methoxy groups -OCH3 is 1. The van der Waals surface area contributed by atoms with Gasteiger partial charge < -0.3 is 14.9 Å². The first-order valence-corrected chi connectivity index (χ1v) is 3.92. The minimum absolute atomic E-state index is 0.225. The highest BCUT2D eigenvalue weighted by Crippen LogP contribution is 2.25. The van der Waals surface area contributed by atoms with Gasteiger partial charge in [0.1, 0.15) is 5.76 Å². The summed E-state index contributed by atoms with van der Waals surface area (Å²) in [5, 5.41) is 0. The van der Waals surface area contributed by atoms with Crippen LogP contribution in [0.3, 0.4) is 0 Å². The summed E-state index contributed by atoms with van der Waals surface area (Å²) in [5.41, 5.74) is 5.52. The van der Waals surface area contributed by atoms with E-state index in [-0.39, 0.29) is 6.04 Å². The van der Waals surface area contributed by atoms with Crippen molar-refractivity contribution in [2.45, 2.75) is 25.5 Å². The second-order valence-electron chi connectivity index (χ2n) is 3.30. The lowest BCUT2D eigenvalue weighted by atomic mass is 9.97. The van der Waals surface area contributed by atoms with Crippen LogP contribution in [0.5, 0.6) is 0 Å². The molecule has 0 saturated carbocycles. The monoisotopic (exact) mass is 169 g/mol. The van der Waals surface area contributed by atoms with Crippen molar-refractivity contribution in [3.8, 4) is 0 Å². The van der Waals surface area contributed by atoms with Crippen LogP contribution in [0.1, 0.15) is 25.6 Å².